The molecule has 0 atom stereocenters. The first-order valence-corrected chi connectivity index (χ1v) is 11.8. The fourth-order valence-electron chi connectivity index (χ4n) is 4.01. The van der Waals surface area contributed by atoms with Crippen molar-refractivity contribution in [2.75, 3.05) is 0 Å². The third-order valence-corrected chi connectivity index (χ3v) is 7.03. The fourth-order valence-corrected chi connectivity index (χ4v) is 5.36. The topological polar surface area (TPSA) is 59.5 Å². The van der Waals surface area contributed by atoms with Gasteiger partial charge in [0.2, 0.25) is 0 Å². The number of rotatable bonds is 6. The van der Waals surface area contributed by atoms with E-state index in [-0.39, 0.29) is 5.91 Å². The van der Waals surface area contributed by atoms with Crippen molar-refractivity contribution in [3.8, 4) is 5.69 Å². The molecule has 0 unspecified atom stereocenters. The molecular weight excluding hydrogens is 442 g/mol. The Kier molecular flexibility index (Phi) is 5.97. The van der Waals surface area contributed by atoms with Crippen LogP contribution in [-0.2, 0) is 19.4 Å². The zero-order valence-electron chi connectivity index (χ0n) is 17.4. The van der Waals surface area contributed by atoms with E-state index in [1.807, 2.05) is 65.5 Å². The number of hydrogen-bond acceptors (Lipinski definition) is 4. The van der Waals surface area contributed by atoms with Crippen molar-refractivity contribution in [2.24, 2.45) is 4.99 Å². The quantitative estimate of drug-likeness (QED) is 0.339. The van der Waals surface area contributed by atoms with Crippen LogP contribution in [0.4, 0.5) is 5.00 Å². The maximum absolute atomic E-state index is 13.1. The van der Waals surface area contributed by atoms with Crippen LogP contribution < -0.4 is 5.32 Å². The normalized spacial score (nSPS) is 13.4. The SMILES string of the molecule is O=C(NCc1ccco1)c1c(N=Cc2cccn2-c2ccc(Cl)cc2)sc2c1CCCC2. The summed E-state index contributed by atoms with van der Waals surface area (Å²) in [6.45, 7) is 0.360. The van der Waals surface area contributed by atoms with Gasteiger partial charge in [-0.05, 0) is 79.8 Å². The van der Waals surface area contributed by atoms with Crippen LogP contribution in [0.1, 0.15) is 45.1 Å². The summed E-state index contributed by atoms with van der Waals surface area (Å²) in [5.74, 6) is 0.634. The minimum atomic E-state index is -0.0963. The highest BCUT2D eigenvalue weighted by molar-refractivity contribution is 7.16. The van der Waals surface area contributed by atoms with Gasteiger partial charge in [0.25, 0.3) is 5.91 Å². The molecule has 1 aromatic carbocycles. The summed E-state index contributed by atoms with van der Waals surface area (Å²) >= 11 is 7.66. The largest absolute Gasteiger partial charge is 0.467 e. The minimum absolute atomic E-state index is 0.0963. The molecule has 5 nitrogen and oxygen atoms in total. The zero-order valence-corrected chi connectivity index (χ0v) is 19.0. The summed E-state index contributed by atoms with van der Waals surface area (Å²) in [5, 5.41) is 4.46. The number of carbonyl (C=O) groups is 1. The van der Waals surface area contributed by atoms with Crippen LogP contribution in [0.25, 0.3) is 5.69 Å². The van der Waals surface area contributed by atoms with Crippen molar-refractivity contribution >= 4 is 40.1 Å². The van der Waals surface area contributed by atoms with Crippen LogP contribution >= 0.6 is 22.9 Å². The summed E-state index contributed by atoms with van der Waals surface area (Å²) in [5.41, 5.74) is 3.79. The molecule has 1 aliphatic rings. The maximum Gasteiger partial charge on any atom is 0.255 e. The summed E-state index contributed by atoms with van der Waals surface area (Å²) in [4.78, 5) is 19.2. The van der Waals surface area contributed by atoms with Crippen LogP contribution in [-0.4, -0.2) is 16.7 Å². The molecule has 1 N–H and O–H groups in total. The summed E-state index contributed by atoms with van der Waals surface area (Å²) in [6, 6.07) is 15.3. The first-order valence-electron chi connectivity index (χ1n) is 10.6. The Balaban J connectivity index is 1.44. The van der Waals surface area contributed by atoms with E-state index in [1.54, 1.807) is 17.6 Å². The van der Waals surface area contributed by atoms with Gasteiger partial charge in [0.1, 0.15) is 10.8 Å². The molecule has 1 amide bonds. The molecule has 0 saturated carbocycles. The van der Waals surface area contributed by atoms with Crippen molar-refractivity contribution in [1.29, 1.82) is 0 Å². The predicted octanol–water partition coefficient (Wildman–Crippen LogP) is 6.34. The third-order valence-electron chi connectivity index (χ3n) is 5.58. The number of benzene rings is 1. The first kappa shape index (κ1) is 20.8. The Morgan fingerprint density at radius 3 is 2.81 bits per heavy atom. The molecule has 1 aliphatic carbocycles. The Bertz CT molecular complexity index is 1250. The van der Waals surface area contributed by atoms with Crippen molar-refractivity contribution in [3.63, 3.8) is 0 Å². The number of nitrogens with zero attached hydrogens (tertiary/aromatic N) is 2. The predicted molar refractivity (Wildman–Crippen MR) is 129 cm³/mol. The first-order chi connectivity index (χ1) is 15.7. The molecule has 0 radical (unpaired) electrons. The molecule has 4 aromatic rings. The van der Waals surface area contributed by atoms with Crippen LogP contribution in [0.15, 0.2) is 70.4 Å². The number of hydrogen-bond donors (Lipinski definition) is 1. The number of fused-ring (bicyclic) bond motifs is 1. The van der Waals surface area contributed by atoms with E-state index in [0.29, 0.717) is 17.1 Å². The van der Waals surface area contributed by atoms with Gasteiger partial charge in [-0.2, -0.15) is 0 Å². The molecule has 0 bridgehead atoms. The molecule has 0 fully saturated rings. The Morgan fingerprint density at radius 1 is 1.16 bits per heavy atom. The second-order valence-corrected chi connectivity index (χ2v) is 9.21. The summed E-state index contributed by atoms with van der Waals surface area (Å²) < 4.78 is 7.40. The van der Waals surface area contributed by atoms with Crippen molar-refractivity contribution in [1.82, 2.24) is 9.88 Å². The molecule has 0 spiro atoms. The third kappa shape index (κ3) is 4.29. The zero-order chi connectivity index (χ0) is 21.9. The van der Waals surface area contributed by atoms with Crippen molar-refractivity contribution < 1.29 is 9.21 Å². The Morgan fingerprint density at radius 2 is 2.00 bits per heavy atom. The number of carbonyl (C=O) groups excluding carboxylic acids is 1. The lowest BCUT2D eigenvalue weighted by molar-refractivity contribution is 0.0948. The molecular formula is C25H22ClN3O2S. The fraction of sp³-hybridized carbons (Fsp3) is 0.200. The molecule has 3 heterocycles. The smallest absolute Gasteiger partial charge is 0.255 e. The van der Waals surface area contributed by atoms with E-state index in [2.05, 4.69) is 5.32 Å². The van der Waals surface area contributed by atoms with Crippen LogP contribution in [0.2, 0.25) is 5.02 Å². The monoisotopic (exact) mass is 463 g/mol. The van der Waals surface area contributed by atoms with Crippen LogP contribution in [0.3, 0.4) is 0 Å². The number of halogens is 1. The number of aliphatic imine (C=N–C) groups is 1. The molecule has 5 rings (SSSR count). The maximum atomic E-state index is 13.1. The van der Waals surface area contributed by atoms with Gasteiger partial charge in [0, 0.05) is 21.8 Å². The highest BCUT2D eigenvalue weighted by Gasteiger charge is 2.25. The van der Waals surface area contributed by atoms with Crippen LogP contribution in [0, 0.1) is 0 Å². The summed E-state index contributed by atoms with van der Waals surface area (Å²) in [7, 11) is 0. The Labute approximate surface area is 195 Å². The summed E-state index contributed by atoms with van der Waals surface area (Å²) in [6.07, 6.45) is 9.62. The number of amides is 1. The van der Waals surface area contributed by atoms with E-state index in [4.69, 9.17) is 21.0 Å². The lowest BCUT2D eigenvalue weighted by Gasteiger charge is -2.12. The number of nitrogens with one attached hydrogen (secondary N) is 1. The van der Waals surface area contributed by atoms with Gasteiger partial charge in [-0.15, -0.1) is 11.3 Å². The average Bonchev–Trinajstić information content (AvgIpc) is 3.56. The van der Waals surface area contributed by atoms with Gasteiger partial charge in [-0.3, -0.25) is 4.79 Å². The van der Waals surface area contributed by atoms with Gasteiger partial charge < -0.3 is 14.3 Å². The van der Waals surface area contributed by atoms with Gasteiger partial charge in [0.15, 0.2) is 0 Å². The van der Waals surface area contributed by atoms with Crippen LogP contribution in [0.5, 0.6) is 0 Å². The highest BCUT2D eigenvalue weighted by Crippen LogP contribution is 2.40. The van der Waals surface area contributed by atoms with E-state index < -0.39 is 0 Å². The molecule has 0 saturated heterocycles. The van der Waals surface area contributed by atoms with E-state index >= 15 is 0 Å². The molecule has 32 heavy (non-hydrogen) atoms. The van der Waals surface area contributed by atoms with Crippen molar-refractivity contribution in [2.45, 2.75) is 32.2 Å². The minimum Gasteiger partial charge on any atom is -0.467 e. The van der Waals surface area contributed by atoms with E-state index in [0.717, 1.165) is 53.4 Å². The lowest BCUT2D eigenvalue weighted by atomic mass is 9.95. The van der Waals surface area contributed by atoms with Gasteiger partial charge in [-0.25, -0.2) is 4.99 Å². The molecule has 7 heteroatoms. The number of furan rings is 1. The average molecular weight is 464 g/mol. The van der Waals surface area contributed by atoms with Gasteiger partial charge in [0.05, 0.1) is 30.3 Å². The number of aromatic nitrogens is 1. The highest BCUT2D eigenvalue weighted by atomic mass is 35.5. The number of aryl methyl sites for hydroxylation is 1. The Hall–Kier alpha value is -3.09. The molecule has 0 aliphatic heterocycles. The second-order valence-electron chi connectivity index (χ2n) is 7.69. The second kappa shape index (κ2) is 9.18. The van der Waals surface area contributed by atoms with E-state index in [9.17, 15) is 4.79 Å². The van der Waals surface area contributed by atoms with Gasteiger partial charge >= 0.3 is 0 Å². The van der Waals surface area contributed by atoms with E-state index in [1.165, 1.54) is 4.88 Å². The molecule has 162 valence electrons. The van der Waals surface area contributed by atoms with Crippen molar-refractivity contribution in [3.05, 3.63) is 93.5 Å². The lowest BCUT2D eigenvalue weighted by Crippen LogP contribution is -2.23. The number of thiophene rings is 1. The molecule has 3 aromatic heterocycles. The standard InChI is InChI=1S/C25H22ClN3O2S/c26-17-9-11-18(12-10-17)29-13-3-5-19(29)15-28-25-23(21-7-1-2-8-22(21)32-25)24(30)27-16-20-6-4-14-31-20/h3-6,9-15H,1-2,7-8,16H2,(H,27,30). The van der Waals surface area contributed by atoms with Gasteiger partial charge in [-0.1, -0.05) is 11.6 Å².